The molecule has 6 heteroatoms. The lowest BCUT2D eigenvalue weighted by atomic mass is 10.2. The fourth-order valence-electron chi connectivity index (χ4n) is 1.19. The van der Waals surface area contributed by atoms with Crippen molar-refractivity contribution in [2.75, 3.05) is 19.7 Å². The van der Waals surface area contributed by atoms with Crippen molar-refractivity contribution in [2.24, 2.45) is 5.73 Å². The fraction of sp³-hybridized carbons (Fsp3) is 0.875. The molecule has 0 aromatic heterocycles. The number of nitrogens with one attached hydrogen (secondary N) is 1. The summed E-state index contributed by atoms with van der Waals surface area (Å²) in [6.45, 7) is -0.966. The molecule has 1 amide bonds. The zero-order valence-corrected chi connectivity index (χ0v) is 7.76. The Balaban J connectivity index is 2.27. The third kappa shape index (κ3) is 3.19. The predicted molar refractivity (Wildman–Crippen MR) is 46.0 cm³/mol. The van der Waals surface area contributed by atoms with E-state index >= 15 is 0 Å². The second-order valence-corrected chi connectivity index (χ2v) is 3.28. The van der Waals surface area contributed by atoms with Gasteiger partial charge in [-0.3, -0.25) is 4.79 Å². The highest BCUT2D eigenvalue weighted by Crippen LogP contribution is 2.13. The zero-order valence-electron chi connectivity index (χ0n) is 7.76. The highest BCUT2D eigenvalue weighted by molar-refractivity contribution is 5.80. The maximum atomic E-state index is 12.6. The van der Waals surface area contributed by atoms with Crippen molar-refractivity contribution in [3.8, 4) is 0 Å². The molecule has 1 fully saturated rings. The molecule has 14 heavy (non-hydrogen) atoms. The number of rotatable bonds is 4. The monoisotopic (exact) mass is 208 g/mol. The molecule has 82 valence electrons. The molecule has 1 aliphatic heterocycles. The molecule has 4 nitrogen and oxygen atoms in total. The van der Waals surface area contributed by atoms with Crippen LogP contribution in [0.2, 0.25) is 0 Å². The van der Waals surface area contributed by atoms with Gasteiger partial charge in [0.1, 0.15) is 6.10 Å². The molecule has 0 radical (unpaired) electrons. The third-order valence-corrected chi connectivity index (χ3v) is 2.04. The summed E-state index contributed by atoms with van der Waals surface area (Å²) in [4.78, 5) is 11.2. The van der Waals surface area contributed by atoms with Crippen LogP contribution < -0.4 is 11.1 Å². The number of amides is 1. The molecular weight excluding hydrogens is 194 g/mol. The maximum Gasteiger partial charge on any atom is 0.277 e. The summed E-state index contributed by atoms with van der Waals surface area (Å²) in [7, 11) is 0. The van der Waals surface area contributed by atoms with Crippen molar-refractivity contribution >= 4 is 5.91 Å². The van der Waals surface area contributed by atoms with Gasteiger partial charge in [-0.2, -0.15) is 0 Å². The van der Waals surface area contributed by atoms with E-state index < -0.39 is 31.0 Å². The van der Waals surface area contributed by atoms with Crippen LogP contribution in [0.25, 0.3) is 0 Å². The molecule has 1 heterocycles. The smallest absolute Gasteiger partial charge is 0.277 e. The van der Waals surface area contributed by atoms with Crippen molar-refractivity contribution < 1.29 is 18.3 Å². The minimum absolute atomic E-state index is 0.476. The van der Waals surface area contributed by atoms with E-state index in [0.29, 0.717) is 13.0 Å². The Morgan fingerprint density at radius 3 is 2.86 bits per heavy atom. The summed E-state index contributed by atoms with van der Waals surface area (Å²) in [6.07, 6.45) is 0.828. The van der Waals surface area contributed by atoms with Crippen LogP contribution in [0.3, 0.4) is 0 Å². The molecule has 1 rings (SSSR count). The lowest BCUT2D eigenvalue weighted by Gasteiger charge is -2.16. The summed E-state index contributed by atoms with van der Waals surface area (Å²) in [5.74, 6) is -3.51. The number of ether oxygens (including phenoxy) is 1. The highest BCUT2D eigenvalue weighted by Gasteiger charge is 2.30. The van der Waals surface area contributed by atoms with E-state index in [-0.39, 0.29) is 0 Å². The summed E-state index contributed by atoms with van der Waals surface area (Å²) < 4.78 is 30.3. The van der Waals surface area contributed by atoms with E-state index in [9.17, 15) is 13.6 Å². The van der Waals surface area contributed by atoms with E-state index in [1.807, 2.05) is 0 Å². The van der Waals surface area contributed by atoms with Crippen molar-refractivity contribution in [3.63, 3.8) is 0 Å². The van der Waals surface area contributed by atoms with E-state index in [0.717, 1.165) is 6.42 Å². The average Bonchev–Trinajstić information content (AvgIpc) is 2.67. The number of carbonyl (C=O) groups excluding carboxylic acids is 1. The lowest BCUT2D eigenvalue weighted by molar-refractivity contribution is -0.131. The number of alkyl halides is 2. The van der Waals surface area contributed by atoms with Gasteiger partial charge >= 0.3 is 0 Å². The Morgan fingerprint density at radius 1 is 1.64 bits per heavy atom. The molecule has 1 atom stereocenters. The molecule has 1 unspecified atom stereocenters. The number of hydrogen-bond acceptors (Lipinski definition) is 3. The van der Waals surface area contributed by atoms with Gasteiger partial charge in [0.25, 0.3) is 5.92 Å². The second kappa shape index (κ2) is 4.65. The van der Waals surface area contributed by atoms with Gasteiger partial charge in [0.15, 0.2) is 0 Å². The van der Waals surface area contributed by atoms with Crippen molar-refractivity contribution in [1.82, 2.24) is 5.32 Å². The SMILES string of the molecule is NCC(F)(F)CNC(=O)C1CCCO1. The predicted octanol–water partition coefficient (Wildman–Crippen LogP) is -0.124. The van der Waals surface area contributed by atoms with Crippen LogP contribution in [0.15, 0.2) is 0 Å². The van der Waals surface area contributed by atoms with Crippen LogP contribution in [0.1, 0.15) is 12.8 Å². The average molecular weight is 208 g/mol. The molecule has 0 bridgehead atoms. The molecule has 0 aliphatic carbocycles. The van der Waals surface area contributed by atoms with Gasteiger partial charge in [-0.1, -0.05) is 0 Å². The van der Waals surface area contributed by atoms with E-state index in [1.165, 1.54) is 0 Å². The highest BCUT2D eigenvalue weighted by atomic mass is 19.3. The number of hydrogen-bond donors (Lipinski definition) is 2. The third-order valence-electron chi connectivity index (χ3n) is 2.04. The summed E-state index contributed by atoms with van der Waals surface area (Å²) in [5, 5.41) is 2.12. The molecule has 3 N–H and O–H groups in total. The van der Waals surface area contributed by atoms with Gasteiger partial charge in [-0.25, -0.2) is 8.78 Å². The van der Waals surface area contributed by atoms with Crippen LogP contribution >= 0.6 is 0 Å². The Bertz CT molecular complexity index is 206. The lowest BCUT2D eigenvalue weighted by Crippen LogP contribution is -2.44. The van der Waals surface area contributed by atoms with Gasteiger partial charge < -0.3 is 15.8 Å². The van der Waals surface area contributed by atoms with Crippen LogP contribution in [0.4, 0.5) is 8.78 Å². The molecule has 0 aromatic carbocycles. The minimum Gasteiger partial charge on any atom is -0.368 e. The van der Waals surface area contributed by atoms with Gasteiger partial charge in [-0.05, 0) is 12.8 Å². The first-order chi connectivity index (χ1) is 6.55. The number of nitrogens with two attached hydrogens (primary N) is 1. The molecule has 1 aliphatic rings. The summed E-state index contributed by atoms with van der Waals surface area (Å²) in [6, 6.07) is 0. The molecule has 0 aromatic rings. The Kier molecular flexibility index (Phi) is 3.77. The molecule has 0 saturated carbocycles. The van der Waals surface area contributed by atoms with E-state index in [2.05, 4.69) is 5.32 Å². The fourth-order valence-corrected chi connectivity index (χ4v) is 1.19. The van der Waals surface area contributed by atoms with Crippen molar-refractivity contribution in [1.29, 1.82) is 0 Å². The van der Waals surface area contributed by atoms with Gasteiger partial charge in [0, 0.05) is 6.61 Å². The zero-order chi connectivity index (χ0) is 10.6. The van der Waals surface area contributed by atoms with Gasteiger partial charge in [0.05, 0.1) is 13.1 Å². The van der Waals surface area contributed by atoms with E-state index in [1.54, 1.807) is 0 Å². The summed E-state index contributed by atoms with van der Waals surface area (Å²) >= 11 is 0. The van der Waals surface area contributed by atoms with Crippen molar-refractivity contribution in [2.45, 2.75) is 24.9 Å². The van der Waals surface area contributed by atoms with Crippen molar-refractivity contribution in [3.05, 3.63) is 0 Å². The van der Waals surface area contributed by atoms with Crippen LogP contribution in [0, 0.1) is 0 Å². The van der Waals surface area contributed by atoms with Crippen LogP contribution in [-0.2, 0) is 9.53 Å². The second-order valence-electron chi connectivity index (χ2n) is 3.28. The molecule has 0 spiro atoms. The van der Waals surface area contributed by atoms with Gasteiger partial charge in [0.2, 0.25) is 5.91 Å². The Labute approximate surface area is 80.8 Å². The topological polar surface area (TPSA) is 64.3 Å². The maximum absolute atomic E-state index is 12.6. The van der Waals surface area contributed by atoms with Gasteiger partial charge in [-0.15, -0.1) is 0 Å². The van der Waals surface area contributed by atoms with E-state index in [4.69, 9.17) is 10.5 Å². The Morgan fingerprint density at radius 2 is 2.36 bits per heavy atom. The number of carbonyl (C=O) groups is 1. The normalized spacial score (nSPS) is 22.4. The minimum atomic E-state index is -3.03. The quantitative estimate of drug-likeness (QED) is 0.676. The first-order valence-corrected chi connectivity index (χ1v) is 4.52. The number of halogens is 2. The first kappa shape index (κ1) is 11.3. The van der Waals surface area contributed by atoms with Crippen LogP contribution in [-0.4, -0.2) is 37.6 Å². The Hall–Kier alpha value is -0.750. The summed E-state index contributed by atoms with van der Waals surface area (Å²) in [5.41, 5.74) is 4.81. The standard InChI is InChI=1S/C8H14F2N2O2/c9-8(10,4-11)5-12-7(13)6-2-1-3-14-6/h6H,1-5,11H2,(H,12,13). The largest absolute Gasteiger partial charge is 0.368 e. The van der Waals surface area contributed by atoms with Crippen LogP contribution in [0.5, 0.6) is 0 Å². The first-order valence-electron chi connectivity index (χ1n) is 4.52. The molecule has 1 saturated heterocycles. The molecular formula is C8H14F2N2O2.